The largest absolute Gasteiger partial charge is 0.493 e. The number of halogens is 1. The van der Waals surface area contributed by atoms with Gasteiger partial charge in [0.2, 0.25) is 4.73 Å². The molecule has 2 aromatic heterocycles. The Morgan fingerprint density at radius 2 is 1.96 bits per heavy atom. The smallest absolute Gasteiger partial charge is 0.204 e. The van der Waals surface area contributed by atoms with Gasteiger partial charge in [0.25, 0.3) is 0 Å². The number of hydrogen-bond acceptors (Lipinski definition) is 4. The standard InChI is InChI=1S/C17H21BrN4O/c18-17-21-20-16-7-15(14(8-22(16)17)11-1-2-11)23-9-10-5-12-3-4-13(6-10)19-12/h7-8,10-13,19H,1-6,9H2/t10?,12-,13+. The molecule has 6 heteroatoms. The average Bonchev–Trinajstić information content (AvgIpc) is 3.27. The van der Waals surface area contributed by atoms with Crippen molar-refractivity contribution >= 4 is 21.6 Å². The van der Waals surface area contributed by atoms with E-state index >= 15 is 0 Å². The number of hydrogen-bond donors (Lipinski definition) is 1. The first-order valence-electron chi connectivity index (χ1n) is 8.69. The fraction of sp³-hybridized carbons (Fsp3) is 0.647. The normalized spacial score (nSPS) is 30.0. The van der Waals surface area contributed by atoms with Crippen molar-refractivity contribution in [3.8, 4) is 5.75 Å². The van der Waals surface area contributed by atoms with Crippen molar-refractivity contribution in [1.82, 2.24) is 19.9 Å². The highest BCUT2D eigenvalue weighted by atomic mass is 79.9. The Hall–Kier alpha value is -1.14. The molecule has 122 valence electrons. The number of nitrogens with zero attached hydrogens (tertiary/aromatic N) is 3. The summed E-state index contributed by atoms with van der Waals surface area (Å²) in [5, 5.41) is 12.0. The van der Waals surface area contributed by atoms with Crippen molar-refractivity contribution in [1.29, 1.82) is 0 Å². The minimum Gasteiger partial charge on any atom is -0.493 e. The Labute approximate surface area is 143 Å². The van der Waals surface area contributed by atoms with Gasteiger partial charge in [-0.3, -0.25) is 4.40 Å². The lowest BCUT2D eigenvalue weighted by atomic mass is 9.93. The molecule has 0 amide bonds. The highest BCUT2D eigenvalue weighted by Gasteiger charge is 2.34. The van der Waals surface area contributed by atoms with E-state index in [1.165, 1.54) is 44.1 Å². The van der Waals surface area contributed by atoms with Gasteiger partial charge in [0, 0.05) is 29.9 Å². The van der Waals surface area contributed by atoms with E-state index in [1.807, 2.05) is 4.40 Å². The Morgan fingerprint density at radius 1 is 1.17 bits per heavy atom. The summed E-state index contributed by atoms with van der Waals surface area (Å²) in [6.07, 6.45) is 9.88. The zero-order chi connectivity index (χ0) is 15.4. The maximum absolute atomic E-state index is 6.30. The van der Waals surface area contributed by atoms with Gasteiger partial charge in [0.1, 0.15) is 5.75 Å². The van der Waals surface area contributed by atoms with Crippen molar-refractivity contribution in [2.24, 2.45) is 5.92 Å². The Morgan fingerprint density at radius 3 is 2.70 bits per heavy atom. The molecule has 3 fully saturated rings. The summed E-state index contributed by atoms with van der Waals surface area (Å²) in [6, 6.07) is 3.50. The molecule has 5 rings (SSSR count). The summed E-state index contributed by atoms with van der Waals surface area (Å²) in [5.41, 5.74) is 2.16. The van der Waals surface area contributed by atoms with E-state index in [2.05, 4.69) is 43.7 Å². The zero-order valence-corrected chi connectivity index (χ0v) is 14.6. The first-order chi connectivity index (χ1) is 11.3. The van der Waals surface area contributed by atoms with E-state index < -0.39 is 0 Å². The highest BCUT2D eigenvalue weighted by molar-refractivity contribution is 9.10. The van der Waals surface area contributed by atoms with Crippen molar-refractivity contribution in [3.05, 3.63) is 22.6 Å². The summed E-state index contributed by atoms with van der Waals surface area (Å²) in [5.74, 6) is 2.35. The lowest BCUT2D eigenvalue weighted by molar-refractivity contribution is 0.189. The third-order valence-electron chi connectivity index (χ3n) is 5.56. The van der Waals surface area contributed by atoms with Crippen LogP contribution >= 0.6 is 15.9 Å². The molecule has 3 atom stereocenters. The van der Waals surface area contributed by atoms with Gasteiger partial charge in [0.15, 0.2) is 5.65 Å². The molecule has 0 radical (unpaired) electrons. The van der Waals surface area contributed by atoms with Crippen LogP contribution < -0.4 is 10.1 Å². The highest BCUT2D eigenvalue weighted by Crippen LogP contribution is 2.45. The molecule has 2 saturated heterocycles. The Bertz CT molecular complexity index is 730. The lowest BCUT2D eigenvalue weighted by Gasteiger charge is -2.29. The second kappa shape index (κ2) is 5.45. The van der Waals surface area contributed by atoms with Crippen LogP contribution in [-0.4, -0.2) is 33.3 Å². The molecule has 4 heterocycles. The number of aromatic nitrogens is 3. The molecular weight excluding hydrogens is 356 g/mol. The quantitative estimate of drug-likeness (QED) is 0.889. The van der Waals surface area contributed by atoms with Crippen LogP contribution in [0.5, 0.6) is 5.75 Å². The van der Waals surface area contributed by atoms with Gasteiger partial charge in [0.05, 0.1) is 6.61 Å². The molecule has 1 N–H and O–H groups in total. The van der Waals surface area contributed by atoms with Crippen LogP contribution in [0.3, 0.4) is 0 Å². The van der Waals surface area contributed by atoms with Crippen LogP contribution in [0.2, 0.25) is 0 Å². The number of nitrogens with one attached hydrogen (secondary N) is 1. The van der Waals surface area contributed by atoms with Crippen LogP contribution in [0.15, 0.2) is 17.0 Å². The van der Waals surface area contributed by atoms with E-state index in [-0.39, 0.29) is 0 Å². The number of rotatable bonds is 4. The molecule has 3 aliphatic rings. The molecule has 1 aliphatic carbocycles. The van der Waals surface area contributed by atoms with E-state index in [0.717, 1.165) is 34.8 Å². The summed E-state index contributed by atoms with van der Waals surface area (Å²) in [7, 11) is 0. The van der Waals surface area contributed by atoms with Gasteiger partial charge in [-0.2, -0.15) is 0 Å². The molecule has 1 unspecified atom stereocenters. The molecule has 0 aromatic carbocycles. The van der Waals surface area contributed by atoms with E-state index in [1.54, 1.807) is 0 Å². The summed E-state index contributed by atoms with van der Waals surface area (Å²) in [4.78, 5) is 0. The minimum atomic E-state index is 0.646. The third kappa shape index (κ3) is 2.66. The molecule has 0 spiro atoms. The van der Waals surface area contributed by atoms with Crippen LogP contribution in [0, 0.1) is 5.92 Å². The predicted molar refractivity (Wildman–Crippen MR) is 90.8 cm³/mol. The van der Waals surface area contributed by atoms with Crippen molar-refractivity contribution in [3.63, 3.8) is 0 Å². The topological polar surface area (TPSA) is 51.5 Å². The van der Waals surface area contributed by atoms with Gasteiger partial charge in [-0.05, 0) is 66.3 Å². The minimum absolute atomic E-state index is 0.646. The van der Waals surface area contributed by atoms with Crippen LogP contribution in [-0.2, 0) is 0 Å². The molecule has 1 saturated carbocycles. The fourth-order valence-electron chi connectivity index (χ4n) is 4.25. The van der Waals surface area contributed by atoms with Gasteiger partial charge in [-0.25, -0.2) is 0 Å². The van der Waals surface area contributed by atoms with E-state index in [0.29, 0.717) is 11.8 Å². The molecule has 2 aromatic rings. The Balaban J connectivity index is 1.38. The molecule has 23 heavy (non-hydrogen) atoms. The maximum atomic E-state index is 6.30. The van der Waals surface area contributed by atoms with Gasteiger partial charge < -0.3 is 10.1 Å². The van der Waals surface area contributed by atoms with E-state index in [4.69, 9.17) is 4.74 Å². The number of pyridine rings is 1. The third-order valence-corrected chi connectivity index (χ3v) is 6.10. The first kappa shape index (κ1) is 14.2. The monoisotopic (exact) mass is 376 g/mol. The van der Waals surface area contributed by atoms with Crippen molar-refractivity contribution in [2.45, 2.75) is 56.5 Å². The maximum Gasteiger partial charge on any atom is 0.204 e. The zero-order valence-electron chi connectivity index (χ0n) is 13.0. The van der Waals surface area contributed by atoms with Crippen LogP contribution in [0.25, 0.3) is 5.65 Å². The number of piperidine rings is 1. The van der Waals surface area contributed by atoms with Gasteiger partial charge in [-0.15, -0.1) is 10.2 Å². The van der Waals surface area contributed by atoms with Crippen molar-refractivity contribution in [2.75, 3.05) is 6.61 Å². The summed E-state index contributed by atoms with van der Waals surface area (Å²) < 4.78 is 9.06. The summed E-state index contributed by atoms with van der Waals surface area (Å²) in [6.45, 7) is 0.833. The molecule has 2 aliphatic heterocycles. The Kier molecular flexibility index (Phi) is 3.37. The summed E-state index contributed by atoms with van der Waals surface area (Å²) >= 11 is 3.46. The van der Waals surface area contributed by atoms with Gasteiger partial charge in [-0.1, -0.05) is 0 Å². The SMILES string of the molecule is Brc1nnc2cc(OCC3C[C@H]4CC[C@@H](C3)N4)c(C3CC3)cn12. The van der Waals surface area contributed by atoms with Crippen LogP contribution in [0.1, 0.15) is 50.0 Å². The second-order valence-electron chi connectivity index (χ2n) is 7.35. The number of fused-ring (bicyclic) bond motifs is 3. The first-order valence-corrected chi connectivity index (χ1v) is 9.48. The molecule has 5 nitrogen and oxygen atoms in total. The molecule has 2 bridgehead atoms. The lowest BCUT2D eigenvalue weighted by Crippen LogP contribution is -2.39. The average molecular weight is 377 g/mol. The van der Waals surface area contributed by atoms with Gasteiger partial charge >= 0.3 is 0 Å². The van der Waals surface area contributed by atoms with E-state index in [9.17, 15) is 0 Å². The number of ether oxygens (including phenoxy) is 1. The van der Waals surface area contributed by atoms with Crippen molar-refractivity contribution < 1.29 is 4.74 Å². The predicted octanol–water partition coefficient (Wildman–Crippen LogP) is 3.28. The fourth-order valence-corrected chi connectivity index (χ4v) is 4.61. The molecular formula is C17H21BrN4O. The van der Waals surface area contributed by atoms with Crippen LogP contribution in [0.4, 0.5) is 0 Å². The second-order valence-corrected chi connectivity index (χ2v) is 8.06.